The van der Waals surface area contributed by atoms with Crippen LogP contribution in [0.2, 0.25) is 0 Å². The highest BCUT2D eigenvalue weighted by atomic mass is 32.2. The normalized spacial score (nSPS) is 15.2. The van der Waals surface area contributed by atoms with E-state index in [-0.39, 0.29) is 6.04 Å². The first-order valence-electron chi connectivity index (χ1n) is 6.91. The van der Waals surface area contributed by atoms with Crippen LogP contribution in [0.1, 0.15) is 44.4 Å². The summed E-state index contributed by atoms with van der Waals surface area (Å²) in [5.41, 5.74) is 2.33. The summed E-state index contributed by atoms with van der Waals surface area (Å²) in [5.74, 6) is 0. The summed E-state index contributed by atoms with van der Waals surface area (Å²) in [6, 6.07) is 8.10. The second-order valence-corrected chi connectivity index (χ2v) is 7.47. The van der Waals surface area contributed by atoms with Crippen LogP contribution >= 0.6 is 0 Å². The smallest absolute Gasteiger partial charge is 0.151 e. The van der Waals surface area contributed by atoms with Crippen LogP contribution in [0.5, 0.6) is 0 Å². The number of hydrogen-bond donors (Lipinski definition) is 1. The van der Waals surface area contributed by atoms with Crippen LogP contribution in [0.3, 0.4) is 0 Å². The molecule has 1 rings (SSSR count). The standard InChI is InChI=1S/C15H25NO2S/c1-5-8-13-9-7-10-14(11-13)15(16-6-2)12(3)19(4,17)18/h7,9-12,15-16H,5-6,8H2,1-4H3. The predicted molar refractivity (Wildman–Crippen MR) is 81.2 cm³/mol. The molecule has 0 fully saturated rings. The number of hydrogen-bond acceptors (Lipinski definition) is 3. The average Bonchev–Trinajstić information content (AvgIpc) is 2.35. The van der Waals surface area contributed by atoms with E-state index in [1.165, 1.54) is 11.8 Å². The minimum absolute atomic E-state index is 0.142. The first kappa shape index (κ1) is 16.2. The molecular formula is C15H25NO2S. The van der Waals surface area contributed by atoms with Crippen LogP contribution < -0.4 is 5.32 Å². The van der Waals surface area contributed by atoms with Crippen LogP contribution in [0.15, 0.2) is 24.3 Å². The van der Waals surface area contributed by atoms with Gasteiger partial charge < -0.3 is 5.32 Å². The van der Waals surface area contributed by atoms with Crippen molar-refractivity contribution < 1.29 is 8.42 Å². The molecule has 0 spiro atoms. The van der Waals surface area contributed by atoms with Crippen molar-refractivity contribution >= 4 is 9.84 Å². The molecule has 3 nitrogen and oxygen atoms in total. The fraction of sp³-hybridized carbons (Fsp3) is 0.600. The van der Waals surface area contributed by atoms with Gasteiger partial charge in [0.1, 0.15) is 0 Å². The van der Waals surface area contributed by atoms with Crippen LogP contribution in [-0.2, 0) is 16.3 Å². The van der Waals surface area contributed by atoms with Crippen molar-refractivity contribution in [3.8, 4) is 0 Å². The molecule has 2 atom stereocenters. The van der Waals surface area contributed by atoms with E-state index in [0.29, 0.717) is 0 Å². The number of nitrogens with one attached hydrogen (secondary N) is 1. The van der Waals surface area contributed by atoms with Gasteiger partial charge in [-0.25, -0.2) is 8.42 Å². The van der Waals surface area contributed by atoms with Gasteiger partial charge in [-0.2, -0.15) is 0 Å². The summed E-state index contributed by atoms with van der Waals surface area (Å²) < 4.78 is 23.6. The van der Waals surface area contributed by atoms with Gasteiger partial charge in [-0.1, -0.05) is 44.5 Å². The van der Waals surface area contributed by atoms with Gasteiger partial charge in [0.25, 0.3) is 0 Å². The molecule has 4 heteroatoms. The zero-order valence-corrected chi connectivity index (χ0v) is 13.1. The number of benzene rings is 1. The van der Waals surface area contributed by atoms with Crippen LogP contribution in [0.4, 0.5) is 0 Å². The van der Waals surface area contributed by atoms with Gasteiger partial charge in [0, 0.05) is 12.3 Å². The van der Waals surface area contributed by atoms with E-state index in [9.17, 15) is 8.42 Å². The first-order valence-corrected chi connectivity index (χ1v) is 8.86. The molecule has 0 radical (unpaired) electrons. The van der Waals surface area contributed by atoms with Crippen LogP contribution in [-0.4, -0.2) is 26.5 Å². The zero-order chi connectivity index (χ0) is 14.5. The maximum absolute atomic E-state index is 11.8. The lowest BCUT2D eigenvalue weighted by Crippen LogP contribution is -2.35. The average molecular weight is 283 g/mol. The summed E-state index contributed by atoms with van der Waals surface area (Å²) in [4.78, 5) is 0. The highest BCUT2D eigenvalue weighted by molar-refractivity contribution is 7.91. The summed E-state index contributed by atoms with van der Waals surface area (Å²) in [6.45, 7) is 6.67. The van der Waals surface area contributed by atoms with Gasteiger partial charge in [-0.3, -0.25) is 0 Å². The fourth-order valence-electron chi connectivity index (χ4n) is 2.25. The Kier molecular flexibility index (Phi) is 6.01. The van der Waals surface area contributed by atoms with E-state index < -0.39 is 15.1 Å². The van der Waals surface area contributed by atoms with Gasteiger partial charge in [0.05, 0.1) is 5.25 Å². The second kappa shape index (κ2) is 7.06. The topological polar surface area (TPSA) is 46.2 Å². The van der Waals surface area contributed by atoms with E-state index in [1.54, 1.807) is 6.92 Å². The molecule has 1 aromatic rings. The fourth-order valence-corrected chi connectivity index (χ4v) is 3.00. The lowest BCUT2D eigenvalue weighted by atomic mass is 10.00. The van der Waals surface area contributed by atoms with E-state index in [4.69, 9.17) is 0 Å². The van der Waals surface area contributed by atoms with E-state index in [2.05, 4.69) is 24.4 Å². The van der Waals surface area contributed by atoms with E-state index in [0.717, 1.165) is 24.9 Å². The van der Waals surface area contributed by atoms with Gasteiger partial charge in [0.15, 0.2) is 9.84 Å². The summed E-state index contributed by atoms with van der Waals surface area (Å²) in [7, 11) is -3.06. The quantitative estimate of drug-likeness (QED) is 0.837. The second-order valence-electron chi connectivity index (χ2n) is 5.07. The Balaban J connectivity index is 3.08. The van der Waals surface area contributed by atoms with Crippen molar-refractivity contribution in [3.05, 3.63) is 35.4 Å². The predicted octanol–water partition coefficient (Wildman–Crippen LogP) is 2.72. The Hall–Kier alpha value is -0.870. The third-order valence-electron chi connectivity index (χ3n) is 3.42. The molecule has 0 aliphatic heterocycles. The summed E-state index contributed by atoms with van der Waals surface area (Å²) in [6.07, 6.45) is 3.43. The molecule has 0 amide bonds. The molecule has 1 aromatic carbocycles. The Labute approximate surface area is 117 Å². The van der Waals surface area contributed by atoms with E-state index >= 15 is 0 Å². The molecule has 1 N–H and O–H groups in total. The Morgan fingerprint density at radius 3 is 2.47 bits per heavy atom. The zero-order valence-electron chi connectivity index (χ0n) is 12.3. The molecule has 0 saturated heterocycles. The third kappa shape index (κ3) is 4.62. The van der Waals surface area contributed by atoms with Crippen molar-refractivity contribution in [1.29, 1.82) is 0 Å². The van der Waals surface area contributed by atoms with Gasteiger partial charge in [-0.15, -0.1) is 0 Å². The molecule has 108 valence electrons. The first-order chi connectivity index (χ1) is 8.90. The SMILES string of the molecule is CCCc1cccc(C(NCC)C(C)S(C)(=O)=O)c1. The number of rotatable bonds is 7. The third-order valence-corrected chi connectivity index (χ3v) is 5.04. The highest BCUT2D eigenvalue weighted by Crippen LogP contribution is 2.23. The molecule has 0 aliphatic rings. The lowest BCUT2D eigenvalue weighted by Gasteiger charge is -2.24. The van der Waals surface area contributed by atoms with Crippen LogP contribution in [0, 0.1) is 0 Å². The minimum atomic E-state index is -3.06. The van der Waals surface area contributed by atoms with Gasteiger partial charge >= 0.3 is 0 Å². The number of aryl methyl sites for hydroxylation is 1. The Morgan fingerprint density at radius 2 is 1.95 bits per heavy atom. The molecule has 0 saturated carbocycles. The molecule has 0 aliphatic carbocycles. The van der Waals surface area contributed by atoms with Crippen molar-refractivity contribution in [2.24, 2.45) is 0 Å². The minimum Gasteiger partial charge on any atom is -0.309 e. The highest BCUT2D eigenvalue weighted by Gasteiger charge is 2.26. The molecule has 2 unspecified atom stereocenters. The van der Waals surface area contributed by atoms with Gasteiger partial charge in [0.2, 0.25) is 0 Å². The van der Waals surface area contributed by atoms with E-state index in [1.807, 2.05) is 19.1 Å². The molecule has 0 bridgehead atoms. The Morgan fingerprint density at radius 1 is 1.26 bits per heavy atom. The maximum atomic E-state index is 11.8. The molecule has 0 aromatic heterocycles. The van der Waals surface area contributed by atoms with Crippen molar-refractivity contribution in [3.63, 3.8) is 0 Å². The van der Waals surface area contributed by atoms with Crippen molar-refractivity contribution in [2.75, 3.05) is 12.8 Å². The van der Waals surface area contributed by atoms with Crippen molar-refractivity contribution in [2.45, 2.75) is 44.9 Å². The summed E-state index contributed by atoms with van der Waals surface area (Å²) in [5, 5.41) is 2.87. The molecular weight excluding hydrogens is 258 g/mol. The monoisotopic (exact) mass is 283 g/mol. The largest absolute Gasteiger partial charge is 0.309 e. The maximum Gasteiger partial charge on any atom is 0.151 e. The van der Waals surface area contributed by atoms with Gasteiger partial charge in [-0.05, 0) is 31.0 Å². The lowest BCUT2D eigenvalue weighted by molar-refractivity contribution is 0.512. The number of sulfone groups is 1. The molecule has 0 heterocycles. The Bertz CT molecular complexity index is 497. The summed E-state index contributed by atoms with van der Waals surface area (Å²) >= 11 is 0. The molecule has 19 heavy (non-hydrogen) atoms. The van der Waals surface area contributed by atoms with Crippen molar-refractivity contribution in [1.82, 2.24) is 5.32 Å². The van der Waals surface area contributed by atoms with Crippen LogP contribution in [0.25, 0.3) is 0 Å².